The molecule has 4 N–H and O–H groups in total. The van der Waals surface area contributed by atoms with E-state index >= 15 is 0 Å². The fourth-order valence-electron chi connectivity index (χ4n) is 2.24. The van der Waals surface area contributed by atoms with Crippen LogP contribution < -0.4 is 11.1 Å². The van der Waals surface area contributed by atoms with E-state index in [1.54, 1.807) is 17.0 Å². The second-order valence-electron chi connectivity index (χ2n) is 4.74. The summed E-state index contributed by atoms with van der Waals surface area (Å²) in [5.74, 6) is -0.407. The number of amides is 2. The number of nitrogen functional groups attached to an aromatic ring is 1. The minimum atomic E-state index is -0.314. The van der Waals surface area contributed by atoms with Crippen LogP contribution in [0.15, 0.2) is 24.3 Å². The Morgan fingerprint density at radius 2 is 2.00 bits per heavy atom. The number of nitrogens with one attached hydrogen (secondary N) is 2. The standard InChI is InChI=1S/C15H20N4O2/c1-3-19(4-2)13(20)9-17-15(21)12-8-10-6-5-7-11(16)14(10)18-12/h5-8,18H,3-4,9,16H2,1-2H3,(H,17,21). The quantitative estimate of drug-likeness (QED) is 0.725. The molecule has 0 aliphatic rings. The highest BCUT2D eigenvalue weighted by Crippen LogP contribution is 2.20. The van der Waals surface area contributed by atoms with Crippen LogP contribution in [-0.4, -0.2) is 41.3 Å². The number of fused-ring (bicyclic) bond motifs is 1. The maximum absolute atomic E-state index is 12.1. The summed E-state index contributed by atoms with van der Waals surface area (Å²) in [6.45, 7) is 5.07. The molecular formula is C15H20N4O2. The molecule has 0 bridgehead atoms. The van der Waals surface area contributed by atoms with E-state index in [9.17, 15) is 9.59 Å². The van der Waals surface area contributed by atoms with Gasteiger partial charge >= 0.3 is 0 Å². The highest BCUT2D eigenvalue weighted by atomic mass is 16.2. The minimum absolute atomic E-state index is 0.00857. The van der Waals surface area contributed by atoms with Crippen molar-refractivity contribution in [1.29, 1.82) is 0 Å². The van der Waals surface area contributed by atoms with Crippen molar-refractivity contribution in [1.82, 2.24) is 15.2 Å². The van der Waals surface area contributed by atoms with Gasteiger partial charge in [0.1, 0.15) is 5.69 Å². The maximum Gasteiger partial charge on any atom is 0.268 e. The number of carbonyl (C=O) groups excluding carboxylic acids is 2. The van der Waals surface area contributed by atoms with Gasteiger partial charge in [-0.25, -0.2) is 0 Å². The topological polar surface area (TPSA) is 91.2 Å². The number of nitrogens with two attached hydrogens (primary N) is 1. The van der Waals surface area contributed by atoms with Crippen molar-refractivity contribution in [3.8, 4) is 0 Å². The largest absolute Gasteiger partial charge is 0.397 e. The summed E-state index contributed by atoms with van der Waals surface area (Å²) in [4.78, 5) is 28.6. The molecule has 1 aromatic heterocycles. The lowest BCUT2D eigenvalue weighted by Gasteiger charge is -2.18. The third kappa shape index (κ3) is 3.16. The number of rotatable bonds is 5. The molecule has 2 rings (SSSR count). The minimum Gasteiger partial charge on any atom is -0.397 e. The predicted molar refractivity (Wildman–Crippen MR) is 83.0 cm³/mol. The first-order valence-electron chi connectivity index (χ1n) is 7.00. The van der Waals surface area contributed by atoms with Gasteiger partial charge in [-0.05, 0) is 26.0 Å². The van der Waals surface area contributed by atoms with E-state index in [0.717, 1.165) is 10.9 Å². The van der Waals surface area contributed by atoms with Crippen molar-refractivity contribution >= 4 is 28.4 Å². The molecule has 2 aromatic rings. The number of anilines is 1. The average Bonchev–Trinajstić information content (AvgIpc) is 2.91. The Bertz CT molecular complexity index is 659. The second-order valence-corrected chi connectivity index (χ2v) is 4.74. The zero-order valence-corrected chi connectivity index (χ0v) is 12.3. The van der Waals surface area contributed by atoms with E-state index in [1.807, 2.05) is 26.0 Å². The van der Waals surface area contributed by atoms with Gasteiger partial charge in [0.2, 0.25) is 5.91 Å². The van der Waals surface area contributed by atoms with E-state index in [1.165, 1.54) is 0 Å². The van der Waals surface area contributed by atoms with Gasteiger partial charge in [0.05, 0.1) is 17.7 Å². The van der Waals surface area contributed by atoms with E-state index in [-0.39, 0.29) is 18.4 Å². The molecule has 0 radical (unpaired) electrons. The molecule has 0 aliphatic heterocycles. The Morgan fingerprint density at radius 3 is 2.62 bits per heavy atom. The normalized spacial score (nSPS) is 10.6. The number of benzene rings is 1. The third-order valence-electron chi connectivity index (χ3n) is 3.45. The Kier molecular flexibility index (Phi) is 4.47. The molecule has 0 unspecified atom stereocenters. The van der Waals surface area contributed by atoms with E-state index in [2.05, 4.69) is 10.3 Å². The lowest BCUT2D eigenvalue weighted by Crippen LogP contribution is -2.40. The Labute approximate surface area is 123 Å². The van der Waals surface area contributed by atoms with Gasteiger partial charge in [-0.1, -0.05) is 12.1 Å². The molecule has 21 heavy (non-hydrogen) atoms. The molecule has 0 saturated carbocycles. The van der Waals surface area contributed by atoms with Crippen LogP contribution in [0.4, 0.5) is 5.69 Å². The first-order valence-corrected chi connectivity index (χ1v) is 7.00. The van der Waals surface area contributed by atoms with Crippen molar-refractivity contribution in [3.05, 3.63) is 30.0 Å². The van der Waals surface area contributed by atoms with Crippen LogP contribution in [0, 0.1) is 0 Å². The summed E-state index contributed by atoms with van der Waals surface area (Å²) in [5.41, 5.74) is 7.56. The summed E-state index contributed by atoms with van der Waals surface area (Å²) >= 11 is 0. The van der Waals surface area contributed by atoms with Crippen LogP contribution in [0.5, 0.6) is 0 Å². The molecule has 6 heteroatoms. The summed E-state index contributed by atoms with van der Waals surface area (Å²) < 4.78 is 0. The molecular weight excluding hydrogens is 268 g/mol. The first kappa shape index (κ1) is 14.9. The van der Waals surface area contributed by atoms with E-state index < -0.39 is 0 Å². The lowest BCUT2D eigenvalue weighted by atomic mass is 10.2. The summed E-state index contributed by atoms with van der Waals surface area (Å²) in [7, 11) is 0. The molecule has 0 saturated heterocycles. The van der Waals surface area contributed by atoms with Gasteiger partial charge in [0.25, 0.3) is 5.91 Å². The number of H-pyrrole nitrogens is 1. The molecule has 0 spiro atoms. The Morgan fingerprint density at radius 1 is 1.29 bits per heavy atom. The van der Waals surface area contributed by atoms with Gasteiger partial charge in [-0.3, -0.25) is 9.59 Å². The number of hydrogen-bond acceptors (Lipinski definition) is 3. The van der Waals surface area contributed by atoms with Crippen molar-refractivity contribution in [2.45, 2.75) is 13.8 Å². The molecule has 2 amide bonds. The van der Waals surface area contributed by atoms with Crippen LogP contribution in [0.25, 0.3) is 10.9 Å². The van der Waals surface area contributed by atoms with Crippen molar-refractivity contribution in [3.63, 3.8) is 0 Å². The number of likely N-dealkylation sites (N-methyl/N-ethyl adjacent to an activating group) is 1. The van der Waals surface area contributed by atoms with Crippen LogP contribution in [-0.2, 0) is 4.79 Å². The SMILES string of the molecule is CCN(CC)C(=O)CNC(=O)c1cc2cccc(N)c2[nH]1. The van der Waals surface area contributed by atoms with Gasteiger partial charge in [0, 0.05) is 18.5 Å². The fraction of sp³-hybridized carbons (Fsp3) is 0.333. The van der Waals surface area contributed by atoms with Crippen LogP contribution in [0.1, 0.15) is 24.3 Å². The summed E-state index contributed by atoms with van der Waals surface area (Å²) in [6, 6.07) is 7.20. The zero-order valence-electron chi connectivity index (χ0n) is 12.3. The van der Waals surface area contributed by atoms with E-state index in [0.29, 0.717) is 24.5 Å². The van der Waals surface area contributed by atoms with E-state index in [4.69, 9.17) is 5.73 Å². The smallest absolute Gasteiger partial charge is 0.268 e. The number of hydrogen-bond donors (Lipinski definition) is 3. The van der Waals surface area contributed by atoms with Gasteiger partial charge in [0.15, 0.2) is 0 Å². The number of aromatic nitrogens is 1. The highest BCUT2D eigenvalue weighted by molar-refractivity contribution is 6.01. The Balaban J connectivity index is 2.06. The monoisotopic (exact) mass is 288 g/mol. The molecule has 1 heterocycles. The average molecular weight is 288 g/mol. The fourth-order valence-corrected chi connectivity index (χ4v) is 2.24. The van der Waals surface area contributed by atoms with Crippen molar-refractivity contribution < 1.29 is 9.59 Å². The Hall–Kier alpha value is -2.50. The lowest BCUT2D eigenvalue weighted by molar-refractivity contribution is -0.129. The second kappa shape index (κ2) is 6.30. The predicted octanol–water partition coefficient (Wildman–Crippen LogP) is 1.35. The molecule has 0 fully saturated rings. The van der Waals surface area contributed by atoms with Crippen LogP contribution in [0.3, 0.4) is 0 Å². The third-order valence-corrected chi connectivity index (χ3v) is 3.45. The molecule has 0 aliphatic carbocycles. The van der Waals surface area contributed by atoms with Gasteiger partial charge in [-0.2, -0.15) is 0 Å². The van der Waals surface area contributed by atoms with Crippen molar-refractivity contribution in [2.24, 2.45) is 0 Å². The number of para-hydroxylation sites is 1. The molecule has 112 valence electrons. The van der Waals surface area contributed by atoms with Gasteiger partial charge < -0.3 is 20.9 Å². The number of aromatic amines is 1. The highest BCUT2D eigenvalue weighted by Gasteiger charge is 2.14. The molecule has 0 atom stereocenters. The first-order chi connectivity index (χ1) is 10.1. The maximum atomic E-state index is 12.1. The number of nitrogens with zero attached hydrogens (tertiary/aromatic N) is 1. The summed E-state index contributed by atoms with van der Waals surface area (Å²) in [6.07, 6.45) is 0. The summed E-state index contributed by atoms with van der Waals surface area (Å²) in [5, 5.41) is 3.50. The van der Waals surface area contributed by atoms with Gasteiger partial charge in [-0.15, -0.1) is 0 Å². The zero-order chi connectivity index (χ0) is 15.4. The van der Waals surface area contributed by atoms with Crippen molar-refractivity contribution in [2.75, 3.05) is 25.4 Å². The van der Waals surface area contributed by atoms with Crippen LogP contribution >= 0.6 is 0 Å². The number of carbonyl (C=O) groups is 2. The molecule has 6 nitrogen and oxygen atoms in total. The molecule has 1 aromatic carbocycles. The van der Waals surface area contributed by atoms with Crippen LogP contribution in [0.2, 0.25) is 0 Å².